The van der Waals surface area contributed by atoms with Gasteiger partial charge in [-0.3, -0.25) is 4.79 Å². The van der Waals surface area contributed by atoms with Crippen LogP contribution in [0, 0.1) is 6.92 Å². The van der Waals surface area contributed by atoms with Gasteiger partial charge in [-0.2, -0.15) is 0 Å². The molecule has 0 aliphatic heterocycles. The van der Waals surface area contributed by atoms with E-state index in [0.29, 0.717) is 12.2 Å². The number of carbonyl (C=O) groups excluding carboxylic acids is 1. The molecule has 0 spiro atoms. The number of aryl methyl sites for hydroxylation is 1. The van der Waals surface area contributed by atoms with Crippen molar-refractivity contribution in [3.8, 4) is 0 Å². The molecule has 70 valence electrons. The van der Waals surface area contributed by atoms with Crippen LogP contribution in [0.5, 0.6) is 0 Å². The molecule has 0 fully saturated rings. The molecule has 0 aliphatic rings. The van der Waals surface area contributed by atoms with Crippen LogP contribution in [-0.2, 0) is 0 Å². The zero-order chi connectivity index (χ0) is 9.84. The average molecular weight is 179 g/mol. The Kier molecular flexibility index (Phi) is 2.95. The largest absolute Gasteiger partial charge is 0.341 e. The predicted octanol–water partition coefficient (Wildman–Crippen LogP) is 0.877. The van der Waals surface area contributed by atoms with Crippen LogP contribution in [-0.4, -0.2) is 34.4 Å². The Hall–Kier alpha value is -1.45. The van der Waals surface area contributed by atoms with Crippen molar-refractivity contribution in [2.45, 2.75) is 13.8 Å². The summed E-state index contributed by atoms with van der Waals surface area (Å²) in [7, 11) is 1.75. The highest BCUT2D eigenvalue weighted by molar-refractivity contribution is 5.92. The molecular weight excluding hydrogens is 166 g/mol. The van der Waals surface area contributed by atoms with Crippen molar-refractivity contribution < 1.29 is 4.79 Å². The summed E-state index contributed by atoms with van der Waals surface area (Å²) in [5.41, 5.74) is 1.26. The first kappa shape index (κ1) is 9.64. The van der Waals surface area contributed by atoms with E-state index in [-0.39, 0.29) is 5.91 Å². The Balaban J connectivity index is 2.89. The SMILES string of the molecule is CCN(C)C(=O)c1cc(C)ncn1. The van der Waals surface area contributed by atoms with Gasteiger partial charge in [0, 0.05) is 19.3 Å². The Labute approximate surface area is 77.6 Å². The summed E-state index contributed by atoms with van der Waals surface area (Å²) in [6.07, 6.45) is 1.41. The minimum atomic E-state index is -0.0620. The van der Waals surface area contributed by atoms with Crippen molar-refractivity contribution in [3.05, 3.63) is 23.8 Å². The molecule has 0 radical (unpaired) electrons. The zero-order valence-corrected chi connectivity index (χ0v) is 8.11. The molecule has 4 heteroatoms. The van der Waals surface area contributed by atoms with Gasteiger partial charge in [0.15, 0.2) is 0 Å². The number of hydrogen-bond acceptors (Lipinski definition) is 3. The standard InChI is InChI=1S/C9H13N3O/c1-4-12(3)9(13)8-5-7(2)10-6-11-8/h5-6H,4H2,1-3H3. The zero-order valence-electron chi connectivity index (χ0n) is 8.11. The molecule has 0 N–H and O–H groups in total. The third-order valence-electron chi connectivity index (χ3n) is 1.84. The normalized spacial score (nSPS) is 9.77. The number of rotatable bonds is 2. The fourth-order valence-corrected chi connectivity index (χ4v) is 0.911. The second-order valence-corrected chi connectivity index (χ2v) is 2.86. The average Bonchev–Trinajstić information content (AvgIpc) is 2.15. The van der Waals surface area contributed by atoms with Gasteiger partial charge in [0.05, 0.1) is 0 Å². The number of carbonyl (C=O) groups is 1. The first-order valence-electron chi connectivity index (χ1n) is 4.19. The molecule has 0 saturated carbocycles. The van der Waals surface area contributed by atoms with Gasteiger partial charge < -0.3 is 4.90 Å². The first-order chi connectivity index (χ1) is 6.15. The first-order valence-corrected chi connectivity index (χ1v) is 4.19. The molecule has 1 aromatic rings. The maximum absolute atomic E-state index is 11.6. The summed E-state index contributed by atoms with van der Waals surface area (Å²) < 4.78 is 0. The van der Waals surface area contributed by atoms with Gasteiger partial charge in [0.1, 0.15) is 12.0 Å². The van der Waals surface area contributed by atoms with E-state index in [0.717, 1.165) is 5.69 Å². The molecule has 0 bridgehead atoms. The topological polar surface area (TPSA) is 46.1 Å². The van der Waals surface area contributed by atoms with E-state index in [1.54, 1.807) is 18.0 Å². The summed E-state index contributed by atoms with van der Waals surface area (Å²) >= 11 is 0. The molecule has 0 aromatic carbocycles. The lowest BCUT2D eigenvalue weighted by Crippen LogP contribution is -2.27. The number of nitrogens with zero attached hydrogens (tertiary/aromatic N) is 3. The third-order valence-corrected chi connectivity index (χ3v) is 1.84. The van der Waals surface area contributed by atoms with E-state index in [4.69, 9.17) is 0 Å². The molecular formula is C9H13N3O. The van der Waals surface area contributed by atoms with Gasteiger partial charge in [-0.05, 0) is 19.9 Å². The van der Waals surface area contributed by atoms with Crippen LogP contribution in [0.3, 0.4) is 0 Å². The van der Waals surface area contributed by atoms with E-state index in [1.165, 1.54) is 6.33 Å². The lowest BCUT2D eigenvalue weighted by Gasteiger charge is -2.13. The molecule has 1 amide bonds. The molecule has 13 heavy (non-hydrogen) atoms. The number of aromatic nitrogens is 2. The molecule has 4 nitrogen and oxygen atoms in total. The van der Waals surface area contributed by atoms with Crippen molar-refractivity contribution >= 4 is 5.91 Å². The molecule has 1 aromatic heterocycles. The second kappa shape index (κ2) is 3.98. The van der Waals surface area contributed by atoms with Gasteiger partial charge in [-0.25, -0.2) is 9.97 Å². The summed E-state index contributed by atoms with van der Waals surface area (Å²) in [6, 6.07) is 1.69. The molecule has 1 heterocycles. The van der Waals surface area contributed by atoms with Crippen molar-refractivity contribution in [1.82, 2.24) is 14.9 Å². The maximum Gasteiger partial charge on any atom is 0.272 e. The summed E-state index contributed by atoms with van der Waals surface area (Å²) in [6.45, 7) is 4.44. The maximum atomic E-state index is 11.6. The smallest absolute Gasteiger partial charge is 0.272 e. The highest BCUT2D eigenvalue weighted by Crippen LogP contribution is 2.00. The summed E-state index contributed by atoms with van der Waals surface area (Å²) in [5, 5.41) is 0. The van der Waals surface area contributed by atoms with Crippen LogP contribution < -0.4 is 0 Å². The van der Waals surface area contributed by atoms with E-state index in [9.17, 15) is 4.79 Å². The molecule has 0 atom stereocenters. The van der Waals surface area contributed by atoms with Crippen LogP contribution in [0.1, 0.15) is 23.1 Å². The van der Waals surface area contributed by atoms with Crippen molar-refractivity contribution in [2.75, 3.05) is 13.6 Å². The monoisotopic (exact) mass is 179 g/mol. The Morgan fingerprint density at radius 3 is 2.77 bits per heavy atom. The van der Waals surface area contributed by atoms with Crippen LogP contribution in [0.15, 0.2) is 12.4 Å². The third kappa shape index (κ3) is 2.24. The van der Waals surface area contributed by atoms with Gasteiger partial charge in [0.25, 0.3) is 5.91 Å². The van der Waals surface area contributed by atoms with Crippen LogP contribution in [0.25, 0.3) is 0 Å². The van der Waals surface area contributed by atoms with E-state index in [1.807, 2.05) is 13.8 Å². The van der Waals surface area contributed by atoms with Crippen LogP contribution in [0.2, 0.25) is 0 Å². The minimum Gasteiger partial charge on any atom is -0.341 e. The Morgan fingerprint density at radius 1 is 1.54 bits per heavy atom. The van der Waals surface area contributed by atoms with Gasteiger partial charge in [-0.15, -0.1) is 0 Å². The van der Waals surface area contributed by atoms with Gasteiger partial charge in [-0.1, -0.05) is 0 Å². The Bertz CT molecular complexity index is 311. The quantitative estimate of drug-likeness (QED) is 0.677. The lowest BCUT2D eigenvalue weighted by atomic mass is 10.3. The molecule has 0 aliphatic carbocycles. The van der Waals surface area contributed by atoms with E-state index < -0.39 is 0 Å². The number of amides is 1. The van der Waals surface area contributed by atoms with E-state index in [2.05, 4.69) is 9.97 Å². The molecule has 1 rings (SSSR count). The lowest BCUT2D eigenvalue weighted by molar-refractivity contribution is 0.0796. The molecule has 0 saturated heterocycles. The molecule has 0 unspecified atom stereocenters. The van der Waals surface area contributed by atoms with E-state index >= 15 is 0 Å². The van der Waals surface area contributed by atoms with Crippen LogP contribution >= 0.6 is 0 Å². The van der Waals surface area contributed by atoms with Gasteiger partial charge in [0.2, 0.25) is 0 Å². The van der Waals surface area contributed by atoms with Crippen molar-refractivity contribution in [2.24, 2.45) is 0 Å². The predicted molar refractivity (Wildman–Crippen MR) is 49.4 cm³/mol. The highest BCUT2D eigenvalue weighted by Gasteiger charge is 2.10. The summed E-state index contributed by atoms with van der Waals surface area (Å²) in [4.78, 5) is 21.0. The number of hydrogen-bond donors (Lipinski definition) is 0. The second-order valence-electron chi connectivity index (χ2n) is 2.86. The summed E-state index contributed by atoms with van der Waals surface area (Å²) in [5.74, 6) is -0.0620. The minimum absolute atomic E-state index is 0.0620. The van der Waals surface area contributed by atoms with Crippen molar-refractivity contribution in [1.29, 1.82) is 0 Å². The highest BCUT2D eigenvalue weighted by atomic mass is 16.2. The van der Waals surface area contributed by atoms with Crippen molar-refractivity contribution in [3.63, 3.8) is 0 Å². The fraction of sp³-hybridized carbons (Fsp3) is 0.444. The van der Waals surface area contributed by atoms with Gasteiger partial charge >= 0.3 is 0 Å². The van der Waals surface area contributed by atoms with Crippen LogP contribution in [0.4, 0.5) is 0 Å². The fourth-order valence-electron chi connectivity index (χ4n) is 0.911. The Morgan fingerprint density at radius 2 is 2.23 bits per heavy atom.